The maximum absolute atomic E-state index is 2.58. The van der Waals surface area contributed by atoms with E-state index in [-0.39, 0.29) is 0 Å². The van der Waals surface area contributed by atoms with Crippen LogP contribution in [0.2, 0.25) is 0 Å². The van der Waals surface area contributed by atoms with Gasteiger partial charge in [0.2, 0.25) is 0 Å². The Hall–Kier alpha value is -6.74. The molecular formula is C57H41NS. The van der Waals surface area contributed by atoms with E-state index >= 15 is 0 Å². The van der Waals surface area contributed by atoms with Crippen molar-refractivity contribution in [2.45, 2.75) is 33.1 Å². The lowest BCUT2D eigenvalue weighted by Crippen LogP contribution is -2.05. The molecular weight excluding hydrogens is 731 g/mol. The Kier molecular flexibility index (Phi) is 7.80. The number of fused-ring (bicyclic) bond motifs is 12. The van der Waals surface area contributed by atoms with Crippen LogP contribution in [0.4, 0.5) is 0 Å². The summed E-state index contributed by atoms with van der Waals surface area (Å²) in [6, 6.07) is 61.6. The quantitative estimate of drug-likeness (QED) is 0.154. The summed E-state index contributed by atoms with van der Waals surface area (Å²) >= 11 is 1.89. The largest absolute Gasteiger partial charge is 0.309 e. The van der Waals surface area contributed by atoms with E-state index in [1.54, 1.807) is 0 Å². The van der Waals surface area contributed by atoms with Gasteiger partial charge in [0.1, 0.15) is 0 Å². The molecule has 0 amide bonds. The number of hydrogen-bond acceptors (Lipinski definition) is 1. The van der Waals surface area contributed by atoms with Gasteiger partial charge in [0.05, 0.1) is 11.2 Å². The average Bonchev–Trinajstić information content (AvgIpc) is 3.84. The van der Waals surface area contributed by atoms with E-state index in [0.717, 1.165) is 19.3 Å². The molecule has 11 aromatic rings. The van der Waals surface area contributed by atoms with Gasteiger partial charge in [0.25, 0.3) is 0 Å². The molecule has 9 aromatic carbocycles. The van der Waals surface area contributed by atoms with Crippen molar-refractivity contribution < 1.29 is 0 Å². The summed E-state index contributed by atoms with van der Waals surface area (Å²) in [5, 5.41) is 11.9. The summed E-state index contributed by atoms with van der Waals surface area (Å²) in [6.45, 7) is 4.60. The lowest BCUT2D eigenvalue weighted by molar-refractivity contribution is 0.966. The van der Waals surface area contributed by atoms with Crippen LogP contribution in [0.5, 0.6) is 0 Å². The molecule has 0 N–H and O–H groups in total. The van der Waals surface area contributed by atoms with E-state index in [0.29, 0.717) is 0 Å². The molecule has 2 heterocycles. The zero-order valence-electron chi connectivity index (χ0n) is 33.2. The smallest absolute Gasteiger partial charge is 0.0543 e. The monoisotopic (exact) mass is 771 g/mol. The van der Waals surface area contributed by atoms with Crippen molar-refractivity contribution >= 4 is 80.8 Å². The molecule has 0 aliphatic heterocycles. The molecule has 0 fully saturated rings. The highest BCUT2D eigenvalue weighted by Crippen LogP contribution is 2.47. The van der Waals surface area contributed by atoms with E-state index in [1.165, 1.54) is 125 Å². The molecule has 1 nitrogen and oxygen atoms in total. The third-order valence-corrected chi connectivity index (χ3v) is 14.1. The Bertz CT molecular complexity index is 3520. The maximum Gasteiger partial charge on any atom is 0.0543 e. The van der Waals surface area contributed by atoms with E-state index in [4.69, 9.17) is 0 Å². The Morgan fingerprint density at radius 3 is 1.93 bits per heavy atom. The molecule has 0 atom stereocenters. The van der Waals surface area contributed by atoms with Crippen molar-refractivity contribution in [1.82, 2.24) is 4.57 Å². The number of hydrogen-bond donors (Lipinski definition) is 0. The van der Waals surface area contributed by atoms with Crippen molar-refractivity contribution in [2.75, 3.05) is 0 Å². The fourth-order valence-electron chi connectivity index (χ4n) is 10.3. The van der Waals surface area contributed by atoms with Crippen LogP contribution in [0.1, 0.15) is 35.7 Å². The molecule has 0 spiro atoms. The molecule has 0 radical (unpaired) electrons. The fourth-order valence-corrected chi connectivity index (χ4v) is 11.5. The Labute approximate surface area is 348 Å². The number of benzene rings is 9. The summed E-state index contributed by atoms with van der Waals surface area (Å²) < 4.78 is 5.25. The second kappa shape index (κ2) is 13.4. The van der Waals surface area contributed by atoms with E-state index in [9.17, 15) is 0 Å². The van der Waals surface area contributed by atoms with Gasteiger partial charge in [-0.25, -0.2) is 0 Å². The molecule has 12 rings (SSSR count). The zero-order valence-corrected chi connectivity index (χ0v) is 34.0. The van der Waals surface area contributed by atoms with Crippen LogP contribution in [-0.2, 0) is 12.8 Å². The normalized spacial score (nSPS) is 12.8. The summed E-state index contributed by atoms with van der Waals surface area (Å²) in [7, 11) is 0. The highest BCUT2D eigenvalue weighted by atomic mass is 32.1. The number of thiophene rings is 1. The van der Waals surface area contributed by atoms with Gasteiger partial charge in [-0.2, -0.15) is 0 Å². The maximum atomic E-state index is 2.58. The first-order valence-electron chi connectivity index (χ1n) is 21.0. The standard InChI is InChI=1S/C57H41NS/c1-3-36-16-13-26-52(56(36)55-35(2)15-12-23-45(55)46-24-14-28-54-57(46)47-22-9-11-27-53(47)59-54)58-50-25-10-8-21-44(50)49-34-38(30-32-51(49)58)37-29-31-43-41-19-5-4-17-39(41)40-18-6-7-20-42(40)48(43)33-37/h4-7,9-20,22-34H,3,8,21H2,1-2H3. The first-order valence-corrected chi connectivity index (χ1v) is 21.8. The van der Waals surface area contributed by atoms with Crippen LogP contribution in [0, 0.1) is 6.92 Å². The number of aryl methyl sites for hydroxylation is 3. The first kappa shape index (κ1) is 34.3. The molecule has 0 unspecified atom stereocenters. The molecule has 0 bridgehead atoms. The van der Waals surface area contributed by atoms with Crippen LogP contribution < -0.4 is 0 Å². The molecule has 280 valence electrons. The van der Waals surface area contributed by atoms with Gasteiger partial charge in [0, 0.05) is 36.8 Å². The predicted molar refractivity (Wildman–Crippen MR) is 256 cm³/mol. The average molecular weight is 772 g/mol. The van der Waals surface area contributed by atoms with Gasteiger partial charge in [0.15, 0.2) is 0 Å². The molecule has 2 aromatic heterocycles. The number of aromatic nitrogens is 1. The van der Waals surface area contributed by atoms with Crippen LogP contribution >= 0.6 is 11.3 Å². The fraction of sp³-hybridized carbons (Fsp3) is 0.0877. The number of rotatable bonds is 5. The van der Waals surface area contributed by atoms with Gasteiger partial charge >= 0.3 is 0 Å². The van der Waals surface area contributed by atoms with E-state index in [2.05, 4.69) is 194 Å². The molecule has 59 heavy (non-hydrogen) atoms. The molecule has 0 saturated heterocycles. The van der Waals surface area contributed by atoms with Gasteiger partial charge in [-0.05, 0) is 145 Å². The van der Waals surface area contributed by atoms with Gasteiger partial charge < -0.3 is 4.57 Å². The Balaban J connectivity index is 1.09. The van der Waals surface area contributed by atoms with Crippen molar-refractivity contribution in [3.8, 4) is 39.1 Å². The highest BCUT2D eigenvalue weighted by molar-refractivity contribution is 7.25. The third kappa shape index (κ3) is 5.16. The van der Waals surface area contributed by atoms with Gasteiger partial charge in [-0.3, -0.25) is 0 Å². The minimum Gasteiger partial charge on any atom is -0.309 e. The number of nitrogens with zero attached hydrogens (tertiary/aromatic N) is 1. The lowest BCUT2D eigenvalue weighted by Gasteiger charge is -2.23. The SMILES string of the molecule is CCc1cccc(-n2c3c(c4cc(-c5ccc6c7ccccc7c7ccccc7c6c5)ccc42)CCC=C3)c1-c1c(C)cccc1-c1cccc2sc3ccccc3c12. The van der Waals surface area contributed by atoms with Gasteiger partial charge in [-0.1, -0.05) is 140 Å². The molecule has 1 aliphatic rings. The van der Waals surface area contributed by atoms with Crippen molar-refractivity contribution in [1.29, 1.82) is 0 Å². The molecule has 0 saturated carbocycles. The Morgan fingerprint density at radius 2 is 1.15 bits per heavy atom. The summed E-state index contributed by atoms with van der Waals surface area (Å²) in [5.41, 5.74) is 15.7. The predicted octanol–water partition coefficient (Wildman–Crippen LogP) is 16.3. The number of allylic oxidation sites excluding steroid dienone is 1. The Morgan fingerprint density at radius 1 is 0.525 bits per heavy atom. The van der Waals surface area contributed by atoms with Crippen LogP contribution in [0.3, 0.4) is 0 Å². The summed E-state index contributed by atoms with van der Waals surface area (Å²) in [6.07, 6.45) is 7.76. The zero-order chi connectivity index (χ0) is 39.2. The summed E-state index contributed by atoms with van der Waals surface area (Å²) in [4.78, 5) is 0. The van der Waals surface area contributed by atoms with E-state index < -0.39 is 0 Å². The van der Waals surface area contributed by atoms with Crippen LogP contribution in [-0.4, -0.2) is 4.57 Å². The van der Waals surface area contributed by atoms with E-state index in [1.807, 2.05) is 11.3 Å². The summed E-state index contributed by atoms with van der Waals surface area (Å²) in [5.74, 6) is 0. The van der Waals surface area contributed by atoms with Gasteiger partial charge in [-0.15, -0.1) is 11.3 Å². The first-order chi connectivity index (χ1) is 29.2. The van der Waals surface area contributed by atoms with Crippen molar-refractivity contribution in [3.63, 3.8) is 0 Å². The second-order valence-electron chi connectivity index (χ2n) is 16.2. The molecule has 1 aliphatic carbocycles. The minimum atomic E-state index is 0.940. The highest BCUT2D eigenvalue weighted by Gasteiger charge is 2.25. The van der Waals surface area contributed by atoms with Crippen molar-refractivity contribution in [2.24, 2.45) is 0 Å². The van der Waals surface area contributed by atoms with Crippen LogP contribution in [0.15, 0.2) is 170 Å². The third-order valence-electron chi connectivity index (χ3n) is 13.0. The van der Waals surface area contributed by atoms with Crippen LogP contribution in [0.25, 0.3) is 109 Å². The second-order valence-corrected chi connectivity index (χ2v) is 17.2. The molecule has 2 heteroatoms. The topological polar surface area (TPSA) is 4.93 Å². The van der Waals surface area contributed by atoms with Crippen molar-refractivity contribution in [3.05, 3.63) is 192 Å². The minimum absolute atomic E-state index is 0.940. The lowest BCUT2D eigenvalue weighted by atomic mass is 9.85.